The molecular formula is C29H28F3N7O2S. The number of ether oxygens (including phenoxy) is 2. The number of hydrogen-bond donors (Lipinski definition) is 1. The van der Waals surface area contributed by atoms with Crippen LogP contribution in [-0.2, 0) is 0 Å². The second-order valence-corrected chi connectivity index (χ2v) is 12.2. The summed E-state index contributed by atoms with van der Waals surface area (Å²) in [7, 11) is 0. The van der Waals surface area contributed by atoms with E-state index >= 15 is 4.39 Å². The number of pyridine rings is 1. The third-order valence-corrected chi connectivity index (χ3v) is 9.76. The van der Waals surface area contributed by atoms with Crippen LogP contribution in [0.4, 0.5) is 24.0 Å². The first-order valence-electron chi connectivity index (χ1n) is 14.0. The molecule has 2 fully saturated rings. The zero-order valence-corrected chi connectivity index (χ0v) is 23.9. The number of nitrogen functional groups attached to an aromatic ring is 1. The smallest absolute Gasteiger partial charge is 0.319 e. The Labute approximate surface area is 243 Å². The summed E-state index contributed by atoms with van der Waals surface area (Å²) in [5.41, 5.74) is 5.62. The van der Waals surface area contributed by atoms with Crippen LogP contribution in [0.15, 0.2) is 12.1 Å². The maximum Gasteiger partial charge on any atom is 0.319 e. The highest BCUT2D eigenvalue weighted by atomic mass is 32.1. The lowest BCUT2D eigenvalue weighted by Gasteiger charge is -2.31. The Balaban J connectivity index is 1.42. The number of aromatic nitrogens is 3. The van der Waals surface area contributed by atoms with Crippen molar-refractivity contribution in [2.75, 3.05) is 43.5 Å². The lowest BCUT2D eigenvalue weighted by Crippen LogP contribution is -2.43. The normalized spacial score (nSPS) is 23.7. The van der Waals surface area contributed by atoms with E-state index < -0.39 is 23.3 Å². The maximum atomic E-state index is 16.6. The Morgan fingerprint density at radius 2 is 2.10 bits per heavy atom. The molecule has 3 atom stereocenters. The number of benzene rings is 1. The molecule has 7 rings (SSSR count). The predicted molar refractivity (Wildman–Crippen MR) is 154 cm³/mol. The Bertz CT molecular complexity index is 1790. The molecule has 9 nitrogen and oxygen atoms in total. The molecule has 0 radical (unpaired) electrons. The van der Waals surface area contributed by atoms with E-state index in [9.17, 15) is 14.0 Å². The van der Waals surface area contributed by atoms with Gasteiger partial charge < -0.3 is 20.1 Å². The van der Waals surface area contributed by atoms with Gasteiger partial charge in [-0.2, -0.15) is 15.2 Å². The van der Waals surface area contributed by atoms with Gasteiger partial charge in [0.1, 0.15) is 58.7 Å². The van der Waals surface area contributed by atoms with E-state index in [2.05, 4.69) is 14.9 Å². The van der Waals surface area contributed by atoms with Gasteiger partial charge in [0.05, 0.1) is 21.8 Å². The summed E-state index contributed by atoms with van der Waals surface area (Å²) in [5, 5.41) is 10.4. The van der Waals surface area contributed by atoms with Crippen LogP contribution < -0.4 is 20.1 Å². The standard InChI is InChI=1S/C29H28F3N7O2S/c1-3-39-14(2)12-40-27-20-23(36-28(37-26(20)39)41-13-29-7-4-8-38(29)11-15(30)9-29)21(32)22(35-27)16-5-6-18(31)24-19(16)17(10-33)25(34)42-24/h5-6,14-15H,3-4,7-9,11-13,34H2,1-2H3/t14-,15+,29-/m0/s1. The number of hydrogen-bond acceptors (Lipinski definition) is 10. The van der Waals surface area contributed by atoms with Gasteiger partial charge in [-0.05, 0) is 45.4 Å². The number of fused-ring (bicyclic) bond motifs is 2. The number of rotatable bonds is 5. The SMILES string of the molecule is CCN1c2nc(OC[C@@]34CCCN3C[C@H](F)C4)nc3c(F)c(-c4ccc(F)c5sc(N)c(C#N)c45)nc(c23)OC[C@@H]1C. The molecule has 0 saturated carbocycles. The number of nitrogens with two attached hydrogens (primary N) is 1. The third kappa shape index (κ3) is 3.95. The summed E-state index contributed by atoms with van der Waals surface area (Å²) in [4.78, 5) is 17.9. The fraction of sp³-hybridized carbons (Fsp3) is 0.448. The van der Waals surface area contributed by atoms with E-state index in [1.54, 1.807) is 0 Å². The average molecular weight is 596 g/mol. The summed E-state index contributed by atoms with van der Waals surface area (Å²) in [6.45, 7) is 6.10. The number of alkyl halides is 1. The van der Waals surface area contributed by atoms with Crippen molar-refractivity contribution >= 4 is 43.1 Å². The zero-order chi connectivity index (χ0) is 29.3. The number of nitriles is 1. The number of thiophene rings is 1. The fourth-order valence-electron chi connectivity index (χ4n) is 6.76. The van der Waals surface area contributed by atoms with E-state index in [0.717, 1.165) is 30.7 Å². The minimum atomic E-state index is -0.921. The molecule has 2 N–H and O–H groups in total. The minimum Gasteiger partial charge on any atom is -0.475 e. The third-order valence-electron chi connectivity index (χ3n) is 8.73. The molecule has 218 valence electrons. The number of likely N-dealkylation sites (N-methyl/N-ethyl adjacent to an activating group) is 1. The van der Waals surface area contributed by atoms with Gasteiger partial charge in [0.15, 0.2) is 5.82 Å². The van der Waals surface area contributed by atoms with Crippen LogP contribution in [-0.4, -0.2) is 70.5 Å². The van der Waals surface area contributed by atoms with Crippen LogP contribution in [0.1, 0.15) is 38.7 Å². The number of halogens is 3. The topological polar surface area (TPSA) is 113 Å². The molecule has 0 amide bonds. The van der Waals surface area contributed by atoms with Gasteiger partial charge in [-0.25, -0.2) is 18.2 Å². The van der Waals surface area contributed by atoms with E-state index in [1.807, 2.05) is 24.8 Å². The molecule has 0 unspecified atom stereocenters. The van der Waals surface area contributed by atoms with Crippen LogP contribution in [0.2, 0.25) is 0 Å². The van der Waals surface area contributed by atoms with Crippen LogP contribution in [0, 0.1) is 23.0 Å². The predicted octanol–water partition coefficient (Wildman–Crippen LogP) is 5.20. The monoisotopic (exact) mass is 595 g/mol. The molecule has 13 heteroatoms. The molecule has 2 saturated heterocycles. The van der Waals surface area contributed by atoms with Crippen molar-refractivity contribution in [2.24, 2.45) is 0 Å². The van der Waals surface area contributed by atoms with Gasteiger partial charge in [-0.3, -0.25) is 4.90 Å². The highest BCUT2D eigenvalue weighted by Crippen LogP contribution is 2.45. The van der Waals surface area contributed by atoms with Gasteiger partial charge in [0, 0.05) is 30.5 Å². The molecule has 0 spiro atoms. The fourth-order valence-corrected chi connectivity index (χ4v) is 7.71. The Morgan fingerprint density at radius 1 is 1.26 bits per heavy atom. The second kappa shape index (κ2) is 9.84. The molecule has 0 bridgehead atoms. The van der Waals surface area contributed by atoms with Crippen LogP contribution in [0.3, 0.4) is 0 Å². The Morgan fingerprint density at radius 3 is 2.88 bits per heavy atom. The molecule has 3 aromatic heterocycles. The van der Waals surface area contributed by atoms with Gasteiger partial charge >= 0.3 is 6.01 Å². The molecule has 3 aliphatic rings. The summed E-state index contributed by atoms with van der Waals surface area (Å²) in [6, 6.07) is 4.44. The van der Waals surface area contributed by atoms with E-state index in [1.165, 1.54) is 12.1 Å². The van der Waals surface area contributed by atoms with Crippen molar-refractivity contribution in [3.8, 4) is 29.2 Å². The lowest BCUT2D eigenvalue weighted by molar-refractivity contribution is 0.107. The van der Waals surface area contributed by atoms with Gasteiger partial charge in [0.2, 0.25) is 5.88 Å². The highest BCUT2D eigenvalue weighted by molar-refractivity contribution is 7.23. The summed E-state index contributed by atoms with van der Waals surface area (Å²) < 4.78 is 58.2. The van der Waals surface area contributed by atoms with Crippen molar-refractivity contribution in [1.82, 2.24) is 19.9 Å². The molecule has 3 aliphatic heterocycles. The van der Waals surface area contributed by atoms with Crippen molar-refractivity contribution in [3.63, 3.8) is 0 Å². The second-order valence-electron chi connectivity index (χ2n) is 11.2. The quantitative estimate of drug-likeness (QED) is 0.333. The van der Waals surface area contributed by atoms with Gasteiger partial charge in [0.25, 0.3) is 0 Å². The van der Waals surface area contributed by atoms with Gasteiger partial charge in [-0.1, -0.05) is 0 Å². The lowest BCUT2D eigenvalue weighted by atomic mass is 9.95. The number of nitrogens with zero attached hydrogens (tertiary/aromatic N) is 6. The van der Waals surface area contributed by atoms with E-state index in [0.29, 0.717) is 30.7 Å². The first kappa shape index (κ1) is 27.0. The summed E-state index contributed by atoms with van der Waals surface area (Å²) >= 11 is 0.923. The highest BCUT2D eigenvalue weighted by Gasteiger charge is 2.49. The molecule has 6 heterocycles. The summed E-state index contributed by atoms with van der Waals surface area (Å²) in [6.07, 6.45) is 1.21. The van der Waals surface area contributed by atoms with Gasteiger partial charge in [-0.15, -0.1) is 11.3 Å². The number of anilines is 2. The first-order valence-corrected chi connectivity index (χ1v) is 14.8. The summed E-state index contributed by atoms with van der Waals surface area (Å²) in [5.74, 6) is -0.810. The Kier molecular flexibility index (Phi) is 6.32. The van der Waals surface area contributed by atoms with Crippen LogP contribution in [0.25, 0.3) is 32.2 Å². The molecule has 1 aromatic carbocycles. The first-order chi connectivity index (χ1) is 20.2. The Hall–Kier alpha value is -3.89. The molecular weight excluding hydrogens is 567 g/mol. The van der Waals surface area contributed by atoms with Crippen molar-refractivity contribution < 1.29 is 22.6 Å². The van der Waals surface area contributed by atoms with Crippen molar-refractivity contribution in [1.29, 1.82) is 5.26 Å². The zero-order valence-electron chi connectivity index (χ0n) is 23.1. The maximum absolute atomic E-state index is 16.6. The molecule has 42 heavy (non-hydrogen) atoms. The van der Waals surface area contributed by atoms with Crippen molar-refractivity contribution in [2.45, 2.75) is 50.9 Å². The largest absolute Gasteiger partial charge is 0.475 e. The van der Waals surface area contributed by atoms with Crippen molar-refractivity contribution in [3.05, 3.63) is 29.3 Å². The van der Waals surface area contributed by atoms with Crippen LogP contribution >= 0.6 is 11.3 Å². The van der Waals surface area contributed by atoms with E-state index in [4.69, 9.17) is 20.2 Å². The van der Waals surface area contributed by atoms with E-state index in [-0.39, 0.29) is 68.6 Å². The average Bonchev–Trinajstić information content (AvgIpc) is 3.58. The molecule has 4 aromatic rings. The van der Waals surface area contributed by atoms with Crippen LogP contribution in [0.5, 0.6) is 11.9 Å². The minimum absolute atomic E-state index is 0.0303. The molecule has 0 aliphatic carbocycles.